The molecule has 366 valence electrons. The van der Waals surface area contributed by atoms with Crippen LogP contribution in [0.3, 0.4) is 0 Å². The van der Waals surface area contributed by atoms with Crippen molar-refractivity contribution in [2.75, 3.05) is 9.71 Å². The Morgan fingerprint density at radius 2 is 1.19 bits per heavy atom. The van der Waals surface area contributed by atoms with Crippen molar-refractivity contribution in [3.05, 3.63) is 185 Å². The average Bonchev–Trinajstić information content (AvgIpc) is 4.06. The Morgan fingerprint density at radius 1 is 0.500 bits per heavy atom. The zero-order valence-corrected chi connectivity index (χ0v) is 44.4. The summed E-state index contributed by atoms with van der Waals surface area (Å²) in [4.78, 5) is 5.32. The van der Waals surface area contributed by atoms with Crippen LogP contribution in [0.15, 0.2) is 160 Å². The van der Waals surface area contributed by atoms with Crippen molar-refractivity contribution in [3.63, 3.8) is 0 Å². The van der Waals surface area contributed by atoms with Crippen LogP contribution in [0.1, 0.15) is 127 Å². The molecule has 0 fully saturated rings. The average molecular weight is 965 g/mol. The van der Waals surface area contributed by atoms with E-state index in [4.69, 9.17) is 8.83 Å². The molecule has 4 nitrogen and oxygen atoms in total. The van der Waals surface area contributed by atoms with Gasteiger partial charge in [-0.25, -0.2) is 0 Å². The maximum atomic E-state index is 7.89. The summed E-state index contributed by atoms with van der Waals surface area (Å²) in [6.07, 6.45) is 8.98. The van der Waals surface area contributed by atoms with E-state index in [-0.39, 0.29) is 23.1 Å². The molecule has 0 unspecified atom stereocenters. The molecule has 0 radical (unpaired) electrons. The van der Waals surface area contributed by atoms with Crippen LogP contribution < -0.4 is 20.8 Å². The van der Waals surface area contributed by atoms with Gasteiger partial charge >= 0.3 is 6.85 Å². The third-order valence-corrected chi connectivity index (χ3v) is 18.1. The van der Waals surface area contributed by atoms with E-state index in [1.165, 1.54) is 94.7 Å². The zero-order chi connectivity index (χ0) is 50.4. The standard InChI is InChI=1S/C69H65BN2O2/c1-9-11-20-42-28-31-45(32-29-42)72-64-48(33-35-58-61(64)47-25-17-19-27-57(47)73-58)62-60-46-24-16-18-26-51(46)69(7,8)54(60)40-56-63(62)70(72)66-65(50-39-52-53(41-59(50)74-66)68(5,6)37-36-67(52,3)4)71(56)55-34-30-43(21-12-10-2)38-49(55)44-22-14-13-15-23-44/h13-19,22-35,38-41H,9-12,20-21,36-37H2,1-8H3. The molecule has 2 aliphatic carbocycles. The molecule has 4 heterocycles. The molecule has 0 bridgehead atoms. The van der Waals surface area contributed by atoms with Crippen molar-refractivity contribution in [1.29, 1.82) is 0 Å². The summed E-state index contributed by atoms with van der Waals surface area (Å²) in [7, 11) is 0. The fraction of sp³-hybridized carbons (Fsp3) is 0.275. The molecule has 4 aliphatic rings. The Labute approximate surface area is 437 Å². The third-order valence-electron chi connectivity index (χ3n) is 18.1. The number of anilines is 5. The Hall–Kier alpha value is -7.24. The van der Waals surface area contributed by atoms with Crippen molar-refractivity contribution in [2.24, 2.45) is 0 Å². The van der Waals surface area contributed by atoms with Gasteiger partial charge in [0.1, 0.15) is 22.4 Å². The normalized spacial score (nSPS) is 16.3. The van der Waals surface area contributed by atoms with Gasteiger partial charge in [0.05, 0.1) is 16.8 Å². The number of unbranched alkanes of at least 4 members (excludes halogenated alkanes) is 2. The number of para-hydroxylation sites is 1. The van der Waals surface area contributed by atoms with Gasteiger partial charge in [-0.3, -0.25) is 0 Å². The van der Waals surface area contributed by atoms with E-state index in [0.717, 1.165) is 95.9 Å². The van der Waals surface area contributed by atoms with Crippen LogP contribution in [0.5, 0.6) is 0 Å². The van der Waals surface area contributed by atoms with Crippen LogP contribution in [0.25, 0.3) is 66.3 Å². The van der Waals surface area contributed by atoms with E-state index in [1.54, 1.807) is 0 Å². The summed E-state index contributed by atoms with van der Waals surface area (Å²) in [6.45, 7) is 18.9. The quantitative estimate of drug-likeness (QED) is 0.135. The predicted octanol–water partition coefficient (Wildman–Crippen LogP) is 18.0. The summed E-state index contributed by atoms with van der Waals surface area (Å²) in [5.74, 6) is 0. The van der Waals surface area contributed by atoms with E-state index >= 15 is 0 Å². The number of hydrogen-bond acceptors (Lipinski definition) is 4. The van der Waals surface area contributed by atoms with Crippen molar-refractivity contribution in [2.45, 2.75) is 123 Å². The van der Waals surface area contributed by atoms with Gasteiger partial charge < -0.3 is 18.5 Å². The highest BCUT2D eigenvalue weighted by atomic mass is 16.3. The van der Waals surface area contributed by atoms with Crippen LogP contribution >= 0.6 is 0 Å². The molecular formula is C69H65BN2O2. The van der Waals surface area contributed by atoms with E-state index in [0.29, 0.717) is 0 Å². The van der Waals surface area contributed by atoms with Crippen molar-refractivity contribution in [1.82, 2.24) is 0 Å². The van der Waals surface area contributed by atoms with Crippen LogP contribution in [0, 0.1) is 0 Å². The van der Waals surface area contributed by atoms with E-state index in [2.05, 4.69) is 217 Å². The Balaban J connectivity index is 1.18. The molecule has 0 N–H and O–H groups in total. The van der Waals surface area contributed by atoms with Gasteiger partial charge in [-0.1, -0.05) is 159 Å². The topological polar surface area (TPSA) is 32.8 Å². The molecule has 0 atom stereocenters. The fourth-order valence-corrected chi connectivity index (χ4v) is 13.9. The first-order valence-electron chi connectivity index (χ1n) is 27.6. The number of hydrogen-bond donors (Lipinski definition) is 0. The number of furan rings is 2. The van der Waals surface area contributed by atoms with Gasteiger partial charge in [-0.05, 0) is 171 Å². The van der Waals surface area contributed by atoms with Gasteiger partial charge in [0.25, 0.3) is 0 Å². The van der Waals surface area contributed by atoms with Crippen molar-refractivity contribution >= 4 is 79.3 Å². The number of nitrogens with zero attached hydrogens (tertiary/aromatic N) is 2. The van der Waals surface area contributed by atoms with E-state index in [9.17, 15) is 0 Å². The highest BCUT2D eigenvalue weighted by Gasteiger charge is 2.53. The Bertz CT molecular complexity index is 3930. The second-order valence-corrected chi connectivity index (χ2v) is 23.9. The minimum absolute atomic E-state index is 0.0000177. The van der Waals surface area contributed by atoms with Crippen LogP contribution in [-0.2, 0) is 29.1 Å². The molecule has 2 aliphatic heterocycles. The molecule has 10 aromatic rings. The van der Waals surface area contributed by atoms with Crippen LogP contribution in [0.2, 0.25) is 0 Å². The first-order valence-corrected chi connectivity index (χ1v) is 27.6. The second kappa shape index (κ2) is 16.4. The molecule has 14 rings (SSSR count). The molecular weight excluding hydrogens is 900 g/mol. The summed E-state index contributed by atoms with van der Waals surface area (Å²) in [5, 5.41) is 3.43. The lowest BCUT2D eigenvalue weighted by molar-refractivity contribution is 0.332. The summed E-state index contributed by atoms with van der Waals surface area (Å²) in [6, 6.07) is 58.0. The molecule has 5 heteroatoms. The summed E-state index contributed by atoms with van der Waals surface area (Å²) in [5.41, 5.74) is 26.4. The summed E-state index contributed by atoms with van der Waals surface area (Å²) < 4.78 is 14.8. The Morgan fingerprint density at radius 3 is 1.96 bits per heavy atom. The van der Waals surface area contributed by atoms with Gasteiger partial charge in [0.2, 0.25) is 0 Å². The highest BCUT2D eigenvalue weighted by molar-refractivity contribution is 6.93. The zero-order valence-electron chi connectivity index (χ0n) is 44.4. The molecule has 0 amide bonds. The molecule has 0 spiro atoms. The van der Waals surface area contributed by atoms with Gasteiger partial charge in [0.15, 0.2) is 0 Å². The SMILES string of the molecule is CCCCc1ccc(N2B3c4oc5cc6c(cc5c4N(c4ccc(CCCC)cc4-c4ccccc4)c4cc5c(c(c43)-c3ccc4oc7ccccc7c4c32)-c2ccccc2C5(C)C)C(C)(C)CCC6(C)C)cc1. The minimum atomic E-state index is -0.338. The monoisotopic (exact) mass is 965 g/mol. The molecule has 0 saturated carbocycles. The minimum Gasteiger partial charge on any atom is -0.466 e. The predicted molar refractivity (Wildman–Crippen MR) is 313 cm³/mol. The van der Waals surface area contributed by atoms with Crippen LogP contribution in [0.4, 0.5) is 28.4 Å². The molecule has 8 aromatic carbocycles. The second-order valence-electron chi connectivity index (χ2n) is 23.9. The lowest BCUT2D eigenvalue weighted by atomic mass is 9.45. The lowest BCUT2D eigenvalue weighted by Gasteiger charge is -2.45. The number of rotatable bonds is 9. The molecule has 74 heavy (non-hydrogen) atoms. The maximum Gasteiger partial charge on any atom is 0.375 e. The fourth-order valence-electron chi connectivity index (χ4n) is 13.9. The third kappa shape index (κ3) is 6.47. The number of fused-ring (bicyclic) bond motifs is 15. The smallest absolute Gasteiger partial charge is 0.375 e. The molecule has 0 saturated heterocycles. The maximum absolute atomic E-state index is 7.89. The van der Waals surface area contributed by atoms with Crippen molar-refractivity contribution < 1.29 is 8.83 Å². The van der Waals surface area contributed by atoms with Gasteiger partial charge in [-0.2, -0.15) is 0 Å². The van der Waals surface area contributed by atoms with Gasteiger partial charge in [0, 0.05) is 44.4 Å². The Kier molecular flexibility index (Phi) is 10.0. The van der Waals surface area contributed by atoms with Crippen molar-refractivity contribution in [3.8, 4) is 33.4 Å². The highest BCUT2D eigenvalue weighted by Crippen LogP contribution is 2.60. The largest absolute Gasteiger partial charge is 0.466 e. The number of aryl methyl sites for hydroxylation is 2. The summed E-state index contributed by atoms with van der Waals surface area (Å²) >= 11 is 0. The van der Waals surface area contributed by atoms with Crippen LogP contribution in [-0.4, -0.2) is 6.85 Å². The number of benzene rings is 8. The van der Waals surface area contributed by atoms with E-state index < -0.39 is 0 Å². The first-order chi connectivity index (χ1) is 35.9. The first kappa shape index (κ1) is 45.4. The van der Waals surface area contributed by atoms with E-state index in [1.807, 2.05) is 0 Å². The van der Waals surface area contributed by atoms with Gasteiger partial charge in [-0.15, -0.1) is 0 Å². The molecule has 2 aromatic heterocycles. The lowest BCUT2D eigenvalue weighted by Crippen LogP contribution is -2.61.